The predicted octanol–water partition coefficient (Wildman–Crippen LogP) is 4.81. The number of rotatable bonds is 10. The summed E-state index contributed by atoms with van der Waals surface area (Å²) in [5.74, 6) is 1.15. The summed E-state index contributed by atoms with van der Waals surface area (Å²) in [6.07, 6.45) is 8.36. The molecule has 1 rings (SSSR count). The Morgan fingerprint density at radius 2 is 1.95 bits per heavy atom. The van der Waals surface area contributed by atoms with Gasteiger partial charge >= 0.3 is 0 Å². The van der Waals surface area contributed by atoms with Crippen molar-refractivity contribution in [3.05, 3.63) is 42.5 Å². The van der Waals surface area contributed by atoms with Crippen LogP contribution in [-0.2, 0) is 0 Å². The van der Waals surface area contributed by atoms with Crippen LogP contribution in [0.3, 0.4) is 0 Å². The van der Waals surface area contributed by atoms with Gasteiger partial charge in [0.2, 0.25) is 0 Å². The number of benzene rings is 1. The van der Waals surface area contributed by atoms with E-state index in [1.165, 1.54) is 36.1 Å². The van der Waals surface area contributed by atoms with E-state index >= 15 is 0 Å². The Bertz CT molecular complexity index is 345. The zero-order valence-electron chi connectivity index (χ0n) is 12.3. The maximum Gasteiger partial charge on any atom is 0.0158 e. The second kappa shape index (κ2) is 10.1. The molecule has 0 spiro atoms. The molecule has 2 heteroatoms. The van der Waals surface area contributed by atoms with Crippen LogP contribution < -0.4 is 5.32 Å². The van der Waals surface area contributed by atoms with E-state index in [1.807, 2.05) is 17.8 Å². The van der Waals surface area contributed by atoms with E-state index in [1.54, 1.807) is 0 Å². The van der Waals surface area contributed by atoms with Gasteiger partial charge in [-0.25, -0.2) is 0 Å². The second-order valence-electron chi connectivity index (χ2n) is 5.04. The van der Waals surface area contributed by atoms with Gasteiger partial charge in [-0.1, -0.05) is 36.6 Å². The van der Waals surface area contributed by atoms with E-state index in [-0.39, 0.29) is 0 Å². The highest BCUT2D eigenvalue weighted by atomic mass is 32.2. The number of hydrogen-bond donors (Lipinski definition) is 1. The average Bonchev–Trinajstić information content (AvgIpc) is 2.44. The Morgan fingerprint density at radius 3 is 2.58 bits per heavy atom. The van der Waals surface area contributed by atoms with Crippen LogP contribution in [0.5, 0.6) is 0 Å². The molecule has 0 bridgehead atoms. The first-order valence-corrected chi connectivity index (χ1v) is 8.22. The summed E-state index contributed by atoms with van der Waals surface area (Å²) in [4.78, 5) is 1.37. The lowest BCUT2D eigenvalue weighted by Crippen LogP contribution is -2.27. The van der Waals surface area contributed by atoms with Crippen LogP contribution in [0.1, 0.15) is 37.7 Å². The average molecular weight is 277 g/mol. The number of allylic oxidation sites excluding steroid dienone is 1. The molecule has 0 aliphatic carbocycles. The molecule has 0 fully saturated rings. The maximum absolute atomic E-state index is 3.76. The molecule has 0 aromatic heterocycles. The Kier molecular flexibility index (Phi) is 8.68. The van der Waals surface area contributed by atoms with Gasteiger partial charge in [-0.15, -0.1) is 18.3 Å². The topological polar surface area (TPSA) is 12.0 Å². The van der Waals surface area contributed by atoms with Crippen molar-refractivity contribution in [1.82, 2.24) is 5.32 Å². The van der Waals surface area contributed by atoms with Crippen LogP contribution >= 0.6 is 11.8 Å². The molecule has 106 valence electrons. The predicted molar refractivity (Wildman–Crippen MR) is 88.0 cm³/mol. The molecule has 1 N–H and O–H groups in total. The van der Waals surface area contributed by atoms with Crippen molar-refractivity contribution in [1.29, 1.82) is 0 Å². The van der Waals surface area contributed by atoms with Crippen molar-refractivity contribution in [2.24, 2.45) is 0 Å². The van der Waals surface area contributed by atoms with Crippen LogP contribution in [0.25, 0.3) is 0 Å². The molecule has 1 aromatic rings. The molecule has 0 saturated heterocycles. The van der Waals surface area contributed by atoms with Crippen molar-refractivity contribution >= 4 is 11.8 Å². The van der Waals surface area contributed by atoms with Crippen molar-refractivity contribution in [3.8, 4) is 0 Å². The van der Waals surface area contributed by atoms with Gasteiger partial charge in [0.15, 0.2) is 0 Å². The molecule has 1 nitrogen and oxygen atoms in total. The molecule has 0 aliphatic heterocycles. The lowest BCUT2D eigenvalue weighted by molar-refractivity contribution is 0.526. The molecular weight excluding hydrogens is 250 g/mol. The van der Waals surface area contributed by atoms with Crippen molar-refractivity contribution in [2.45, 2.75) is 50.0 Å². The van der Waals surface area contributed by atoms with Gasteiger partial charge in [-0.3, -0.25) is 0 Å². The molecule has 1 unspecified atom stereocenters. The number of unbranched alkanes of at least 4 members (excludes halogenated alkanes) is 3. The first-order chi connectivity index (χ1) is 9.26. The molecule has 1 aromatic carbocycles. The molecule has 0 heterocycles. The Labute approximate surface area is 122 Å². The van der Waals surface area contributed by atoms with Gasteiger partial charge in [-0.2, -0.15) is 0 Å². The van der Waals surface area contributed by atoms with Crippen LogP contribution in [0.15, 0.2) is 41.8 Å². The van der Waals surface area contributed by atoms with E-state index in [0.717, 1.165) is 12.2 Å². The molecule has 0 radical (unpaired) electrons. The standard InChI is InChI=1S/C17H27NS/c1-4-5-6-7-8-9-16(18-3)14-19-17-12-10-15(2)11-13-17/h4,10-13,16,18H,1,5-9,14H2,2-3H3. The molecule has 0 saturated carbocycles. The number of nitrogens with one attached hydrogen (secondary N) is 1. The van der Waals surface area contributed by atoms with Crippen molar-refractivity contribution in [2.75, 3.05) is 12.8 Å². The Balaban J connectivity index is 2.20. The van der Waals surface area contributed by atoms with Gasteiger partial charge in [0.25, 0.3) is 0 Å². The highest BCUT2D eigenvalue weighted by Gasteiger charge is 2.06. The minimum atomic E-state index is 0.620. The lowest BCUT2D eigenvalue weighted by atomic mass is 10.1. The van der Waals surface area contributed by atoms with E-state index in [2.05, 4.69) is 50.1 Å². The second-order valence-corrected chi connectivity index (χ2v) is 6.13. The van der Waals surface area contributed by atoms with Crippen LogP contribution in [0, 0.1) is 6.92 Å². The van der Waals surface area contributed by atoms with Crippen molar-refractivity contribution in [3.63, 3.8) is 0 Å². The molecular formula is C17H27NS. The van der Waals surface area contributed by atoms with E-state index in [9.17, 15) is 0 Å². The SMILES string of the molecule is C=CCCCCCC(CSc1ccc(C)cc1)NC. The minimum absolute atomic E-state index is 0.620. The lowest BCUT2D eigenvalue weighted by Gasteiger charge is -2.15. The molecule has 0 aliphatic rings. The quantitative estimate of drug-likeness (QED) is 0.374. The summed E-state index contributed by atoms with van der Waals surface area (Å²) in [7, 11) is 2.07. The van der Waals surface area contributed by atoms with Crippen LogP contribution in [0.4, 0.5) is 0 Å². The summed E-state index contributed by atoms with van der Waals surface area (Å²) in [5, 5.41) is 3.43. The Hall–Kier alpha value is -0.730. The fourth-order valence-corrected chi connectivity index (χ4v) is 3.05. The third kappa shape index (κ3) is 7.44. The highest BCUT2D eigenvalue weighted by Crippen LogP contribution is 2.20. The summed E-state index contributed by atoms with van der Waals surface area (Å²) in [6, 6.07) is 9.43. The fourth-order valence-electron chi connectivity index (χ4n) is 2.00. The van der Waals surface area contributed by atoms with E-state index in [0.29, 0.717) is 6.04 Å². The maximum atomic E-state index is 3.76. The molecule has 0 amide bonds. The highest BCUT2D eigenvalue weighted by molar-refractivity contribution is 7.99. The minimum Gasteiger partial charge on any atom is -0.316 e. The van der Waals surface area contributed by atoms with Crippen LogP contribution in [-0.4, -0.2) is 18.8 Å². The van der Waals surface area contributed by atoms with Gasteiger partial charge in [-0.05, 0) is 45.4 Å². The number of thioether (sulfide) groups is 1. The van der Waals surface area contributed by atoms with Gasteiger partial charge in [0.1, 0.15) is 0 Å². The van der Waals surface area contributed by atoms with Gasteiger partial charge < -0.3 is 5.32 Å². The van der Waals surface area contributed by atoms with Crippen molar-refractivity contribution < 1.29 is 0 Å². The monoisotopic (exact) mass is 277 g/mol. The first-order valence-electron chi connectivity index (χ1n) is 7.24. The number of hydrogen-bond acceptors (Lipinski definition) is 2. The summed E-state index contributed by atoms with van der Waals surface area (Å²) in [5.41, 5.74) is 1.33. The summed E-state index contributed by atoms with van der Waals surface area (Å²) >= 11 is 1.95. The van der Waals surface area contributed by atoms with Crippen LogP contribution in [0.2, 0.25) is 0 Å². The van der Waals surface area contributed by atoms with Gasteiger partial charge in [0.05, 0.1) is 0 Å². The summed E-state index contributed by atoms with van der Waals surface area (Å²) < 4.78 is 0. The van der Waals surface area contributed by atoms with E-state index < -0.39 is 0 Å². The molecule has 19 heavy (non-hydrogen) atoms. The smallest absolute Gasteiger partial charge is 0.0158 e. The zero-order chi connectivity index (χ0) is 13.9. The van der Waals surface area contributed by atoms with E-state index in [4.69, 9.17) is 0 Å². The normalized spacial score (nSPS) is 12.3. The fraction of sp³-hybridized carbons (Fsp3) is 0.529. The zero-order valence-corrected chi connectivity index (χ0v) is 13.1. The third-order valence-electron chi connectivity index (χ3n) is 3.34. The summed E-state index contributed by atoms with van der Waals surface area (Å²) in [6.45, 7) is 5.90. The molecule has 1 atom stereocenters. The number of aryl methyl sites for hydroxylation is 1. The van der Waals surface area contributed by atoms with Gasteiger partial charge in [0, 0.05) is 16.7 Å². The first kappa shape index (κ1) is 16.3. The third-order valence-corrected chi connectivity index (χ3v) is 4.52. The Morgan fingerprint density at radius 1 is 1.21 bits per heavy atom. The largest absolute Gasteiger partial charge is 0.316 e.